The molecule has 1 atom stereocenters. The van der Waals surface area contributed by atoms with Crippen LogP contribution in [0.3, 0.4) is 0 Å². The van der Waals surface area contributed by atoms with Crippen LogP contribution in [0.1, 0.15) is 28.5 Å². The van der Waals surface area contributed by atoms with Gasteiger partial charge in [-0.15, -0.1) is 0 Å². The molecule has 7 nitrogen and oxygen atoms in total. The third kappa shape index (κ3) is 3.95. The van der Waals surface area contributed by atoms with Crippen LogP contribution in [-0.2, 0) is 16.1 Å². The lowest BCUT2D eigenvalue weighted by atomic mass is 9.94. The van der Waals surface area contributed by atoms with Crippen molar-refractivity contribution in [2.45, 2.75) is 19.5 Å². The van der Waals surface area contributed by atoms with Gasteiger partial charge in [-0.2, -0.15) is 0 Å². The van der Waals surface area contributed by atoms with Crippen molar-refractivity contribution in [1.29, 1.82) is 0 Å². The molecule has 0 aliphatic carbocycles. The SMILES string of the molecule is COc1ccc(C2/C(=C(\O)c3ccc(C)c(F)c3)C(=O)C(=O)N2Cc2ccco2)cc1OC. The minimum absolute atomic E-state index is 0.00434. The van der Waals surface area contributed by atoms with E-state index in [0.29, 0.717) is 28.4 Å². The zero-order valence-corrected chi connectivity index (χ0v) is 18.3. The summed E-state index contributed by atoms with van der Waals surface area (Å²) in [4.78, 5) is 27.4. The van der Waals surface area contributed by atoms with Crippen molar-refractivity contribution >= 4 is 17.4 Å². The summed E-state index contributed by atoms with van der Waals surface area (Å²) in [5.41, 5.74) is 0.843. The van der Waals surface area contributed by atoms with Gasteiger partial charge in [-0.05, 0) is 48.4 Å². The summed E-state index contributed by atoms with van der Waals surface area (Å²) in [6.45, 7) is 1.58. The predicted octanol–water partition coefficient (Wildman–Crippen LogP) is 4.37. The van der Waals surface area contributed by atoms with Crippen LogP contribution in [0.15, 0.2) is 64.8 Å². The number of aryl methyl sites for hydroxylation is 1. The van der Waals surface area contributed by atoms with Crippen LogP contribution in [0, 0.1) is 12.7 Å². The number of rotatable bonds is 6. The van der Waals surface area contributed by atoms with E-state index in [-0.39, 0.29) is 17.7 Å². The number of methoxy groups -OCH3 is 2. The number of halogens is 1. The number of carbonyl (C=O) groups is 2. The lowest BCUT2D eigenvalue weighted by Crippen LogP contribution is -2.29. The summed E-state index contributed by atoms with van der Waals surface area (Å²) in [5, 5.41) is 11.1. The fraction of sp³-hybridized carbons (Fsp3) is 0.200. The molecule has 1 N–H and O–H groups in total. The van der Waals surface area contributed by atoms with Gasteiger partial charge in [0.05, 0.1) is 38.6 Å². The van der Waals surface area contributed by atoms with Crippen LogP contribution in [0.5, 0.6) is 11.5 Å². The Morgan fingerprint density at radius 3 is 2.48 bits per heavy atom. The molecule has 1 aromatic heterocycles. The van der Waals surface area contributed by atoms with Crippen LogP contribution in [0.4, 0.5) is 4.39 Å². The van der Waals surface area contributed by atoms with Gasteiger partial charge in [-0.25, -0.2) is 4.39 Å². The molecular formula is C25H22FNO6. The van der Waals surface area contributed by atoms with E-state index in [4.69, 9.17) is 13.9 Å². The molecule has 1 aliphatic heterocycles. The summed E-state index contributed by atoms with van der Waals surface area (Å²) in [6.07, 6.45) is 1.46. The minimum Gasteiger partial charge on any atom is -0.507 e. The van der Waals surface area contributed by atoms with E-state index in [0.717, 1.165) is 6.07 Å². The van der Waals surface area contributed by atoms with Gasteiger partial charge in [0.1, 0.15) is 17.3 Å². The second kappa shape index (κ2) is 8.82. The van der Waals surface area contributed by atoms with Crippen molar-refractivity contribution in [1.82, 2.24) is 4.90 Å². The molecule has 4 rings (SSSR count). The Morgan fingerprint density at radius 2 is 1.85 bits per heavy atom. The molecule has 3 aromatic rings. The van der Waals surface area contributed by atoms with E-state index >= 15 is 0 Å². The van der Waals surface area contributed by atoms with Gasteiger partial charge in [0.15, 0.2) is 11.5 Å². The Morgan fingerprint density at radius 1 is 1.09 bits per heavy atom. The smallest absolute Gasteiger partial charge is 0.296 e. The number of ether oxygens (including phenoxy) is 2. The standard InChI is InChI=1S/C25H22FNO6/c1-14-6-7-16(11-18(14)26)23(28)21-22(15-8-9-19(31-2)20(12-15)32-3)27(25(30)24(21)29)13-17-5-4-10-33-17/h4-12,22,28H,13H2,1-3H3/b23-21+. The predicted molar refractivity (Wildman–Crippen MR) is 117 cm³/mol. The topological polar surface area (TPSA) is 89.2 Å². The highest BCUT2D eigenvalue weighted by atomic mass is 19.1. The average Bonchev–Trinajstić information content (AvgIpc) is 3.42. The second-order valence-electron chi connectivity index (χ2n) is 7.58. The van der Waals surface area contributed by atoms with Crippen molar-refractivity contribution in [3.8, 4) is 11.5 Å². The van der Waals surface area contributed by atoms with Crippen molar-refractivity contribution in [2.75, 3.05) is 14.2 Å². The molecule has 2 heterocycles. The molecule has 0 bridgehead atoms. The fourth-order valence-electron chi connectivity index (χ4n) is 3.88. The monoisotopic (exact) mass is 451 g/mol. The number of benzene rings is 2. The number of amides is 1. The van der Waals surface area contributed by atoms with Crippen LogP contribution >= 0.6 is 0 Å². The quantitative estimate of drug-likeness (QED) is 0.340. The lowest BCUT2D eigenvalue weighted by Gasteiger charge is -2.25. The van der Waals surface area contributed by atoms with E-state index in [9.17, 15) is 19.1 Å². The third-order valence-corrected chi connectivity index (χ3v) is 5.61. The van der Waals surface area contributed by atoms with E-state index < -0.39 is 29.3 Å². The summed E-state index contributed by atoms with van der Waals surface area (Å²) < 4.78 is 30.2. The van der Waals surface area contributed by atoms with Gasteiger partial charge in [0.25, 0.3) is 11.7 Å². The summed E-state index contributed by atoms with van der Waals surface area (Å²) in [7, 11) is 2.96. The Balaban J connectivity index is 1.90. The molecular weight excluding hydrogens is 429 g/mol. The van der Waals surface area contributed by atoms with Gasteiger partial charge < -0.3 is 23.9 Å². The molecule has 33 heavy (non-hydrogen) atoms. The van der Waals surface area contributed by atoms with Crippen molar-refractivity contribution < 1.29 is 33.0 Å². The summed E-state index contributed by atoms with van der Waals surface area (Å²) >= 11 is 0. The van der Waals surface area contributed by atoms with Crippen molar-refractivity contribution in [3.63, 3.8) is 0 Å². The normalized spacial score (nSPS) is 17.5. The van der Waals surface area contributed by atoms with Crippen molar-refractivity contribution in [3.05, 3.63) is 88.6 Å². The van der Waals surface area contributed by atoms with E-state index in [1.54, 1.807) is 37.3 Å². The first kappa shape index (κ1) is 22.1. The first-order valence-corrected chi connectivity index (χ1v) is 10.1. The highest BCUT2D eigenvalue weighted by Crippen LogP contribution is 2.42. The van der Waals surface area contributed by atoms with E-state index in [2.05, 4.69) is 0 Å². The largest absolute Gasteiger partial charge is 0.507 e. The number of aliphatic hydroxyl groups excluding tert-OH is 1. The number of ketones is 1. The lowest BCUT2D eigenvalue weighted by molar-refractivity contribution is -0.140. The summed E-state index contributed by atoms with van der Waals surface area (Å²) in [5.74, 6) is -1.37. The van der Waals surface area contributed by atoms with Crippen LogP contribution < -0.4 is 9.47 Å². The Labute approximate surface area is 189 Å². The molecule has 1 aliphatic rings. The molecule has 1 saturated heterocycles. The average molecular weight is 451 g/mol. The number of nitrogens with zero attached hydrogens (tertiary/aromatic N) is 1. The third-order valence-electron chi connectivity index (χ3n) is 5.61. The molecule has 8 heteroatoms. The first-order chi connectivity index (χ1) is 15.8. The maximum Gasteiger partial charge on any atom is 0.296 e. The molecule has 170 valence electrons. The fourth-order valence-corrected chi connectivity index (χ4v) is 3.88. The van der Waals surface area contributed by atoms with Crippen LogP contribution in [0.25, 0.3) is 5.76 Å². The van der Waals surface area contributed by atoms with E-state index in [1.807, 2.05) is 0 Å². The maximum atomic E-state index is 14.2. The molecule has 1 fully saturated rings. The molecule has 2 aromatic carbocycles. The highest BCUT2D eigenvalue weighted by molar-refractivity contribution is 6.46. The first-order valence-electron chi connectivity index (χ1n) is 10.1. The van der Waals surface area contributed by atoms with Gasteiger partial charge in [0, 0.05) is 5.56 Å². The Kier molecular flexibility index (Phi) is 5.91. The van der Waals surface area contributed by atoms with Gasteiger partial charge >= 0.3 is 0 Å². The highest BCUT2D eigenvalue weighted by Gasteiger charge is 2.46. The Bertz CT molecular complexity index is 1250. The molecule has 0 saturated carbocycles. The van der Waals surface area contributed by atoms with Gasteiger partial charge in [-0.1, -0.05) is 18.2 Å². The van der Waals surface area contributed by atoms with Gasteiger partial charge in [-0.3, -0.25) is 9.59 Å². The number of likely N-dealkylation sites (tertiary alicyclic amines) is 1. The number of carbonyl (C=O) groups excluding carboxylic acids is 2. The molecule has 1 amide bonds. The molecule has 0 spiro atoms. The zero-order chi connectivity index (χ0) is 23.7. The number of hydrogen-bond acceptors (Lipinski definition) is 6. The number of hydrogen-bond donors (Lipinski definition) is 1. The van der Waals surface area contributed by atoms with Crippen LogP contribution in [0.2, 0.25) is 0 Å². The van der Waals surface area contributed by atoms with E-state index in [1.165, 1.54) is 37.5 Å². The second-order valence-corrected chi connectivity index (χ2v) is 7.58. The molecule has 1 unspecified atom stereocenters. The van der Waals surface area contributed by atoms with Gasteiger partial charge in [0.2, 0.25) is 0 Å². The Hall–Kier alpha value is -4.07. The number of furan rings is 1. The molecule has 0 radical (unpaired) electrons. The summed E-state index contributed by atoms with van der Waals surface area (Å²) in [6, 6.07) is 11.5. The van der Waals surface area contributed by atoms with Crippen LogP contribution in [-0.4, -0.2) is 35.9 Å². The van der Waals surface area contributed by atoms with Crippen molar-refractivity contribution in [2.24, 2.45) is 0 Å². The zero-order valence-electron chi connectivity index (χ0n) is 18.3. The maximum absolute atomic E-state index is 14.2. The number of Topliss-reactive ketones (excluding diaryl/α,β-unsaturated/α-hetero) is 1. The minimum atomic E-state index is -0.959. The number of aliphatic hydroxyl groups is 1.